The zero-order valence-corrected chi connectivity index (χ0v) is 14.7. The van der Waals surface area contributed by atoms with Crippen LogP contribution in [0.15, 0.2) is 33.9 Å². The lowest BCUT2D eigenvalue weighted by Crippen LogP contribution is -2.52. The number of aromatic nitrogens is 2. The number of piperazine rings is 1. The van der Waals surface area contributed by atoms with Crippen molar-refractivity contribution in [1.29, 1.82) is 0 Å². The molecule has 3 rings (SSSR count). The van der Waals surface area contributed by atoms with Gasteiger partial charge in [-0.1, -0.05) is 5.16 Å². The highest BCUT2D eigenvalue weighted by molar-refractivity contribution is 5.79. The Morgan fingerprint density at radius 2 is 2.12 bits per heavy atom. The molecule has 24 heavy (non-hydrogen) atoms. The van der Waals surface area contributed by atoms with E-state index in [0.717, 1.165) is 56.7 Å². The first-order chi connectivity index (χ1) is 11.7. The van der Waals surface area contributed by atoms with Gasteiger partial charge in [-0.25, -0.2) is 0 Å². The van der Waals surface area contributed by atoms with Gasteiger partial charge in [0.25, 0.3) is 0 Å². The second-order valence-electron chi connectivity index (χ2n) is 6.20. The predicted molar refractivity (Wildman–Crippen MR) is 93.7 cm³/mol. The third-order valence-electron chi connectivity index (χ3n) is 4.42. The summed E-state index contributed by atoms with van der Waals surface area (Å²) in [5.74, 6) is 1.84. The van der Waals surface area contributed by atoms with E-state index in [-0.39, 0.29) is 0 Å². The molecule has 1 fully saturated rings. The first-order valence-electron chi connectivity index (χ1n) is 8.36. The van der Waals surface area contributed by atoms with Crippen LogP contribution in [0.25, 0.3) is 0 Å². The second-order valence-corrected chi connectivity index (χ2v) is 6.20. The van der Waals surface area contributed by atoms with E-state index in [9.17, 15) is 0 Å². The minimum absolute atomic E-state index is 0.786. The van der Waals surface area contributed by atoms with Gasteiger partial charge in [0, 0.05) is 64.8 Å². The molecular weight excluding hydrogens is 304 g/mol. The normalized spacial score (nSPS) is 16.6. The third kappa shape index (κ3) is 3.97. The quantitative estimate of drug-likeness (QED) is 0.674. The lowest BCUT2D eigenvalue weighted by atomic mass is 10.3. The van der Waals surface area contributed by atoms with Crippen LogP contribution in [0, 0.1) is 6.92 Å². The van der Waals surface area contributed by atoms with Crippen LogP contribution >= 0.6 is 0 Å². The van der Waals surface area contributed by atoms with Crippen LogP contribution < -0.4 is 5.32 Å². The Balaban J connectivity index is 1.48. The van der Waals surface area contributed by atoms with Crippen molar-refractivity contribution < 1.29 is 4.52 Å². The van der Waals surface area contributed by atoms with E-state index in [2.05, 4.69) is 55.2 Å². The highest BCUT2D eigenvalue weighted by Gasteiger charge is 2.20. The summed E-state index contributed by atoms with van der Waals surface area (Å²) in [5, 5.41) is 7.54. The van der Waals surface area contributed by atoms with Crippen LogP contribution in [0.4, 0.5) is 0 Å². The van der Waals surface area contributed by atoms with E-state index in [0.29, 0.717) is 0 Å². The van der Waals surface area contributed by atoms with Crippen LogP contribution in [0.2, 0.25) is 0 Å². The first-order valence-corrected chi connectivity index (χ1v) is 8.36. The molecule has 0 aliphatic carbocycles. The fourth-order valence-electron chi connectivity index (χ4n) is 3.02. The lowest BCUT2D eigenvalue weighted by molar-refractivity contribution is 0.169. The maximum atomic E-state index is 5.14. The maximum absolute atomic E-state index is 5.14. The highest BCUT2D eigenvalue weighted by atomic mass is 16.5. The van der Waals surface area contributed by atoms with Crippen LogP contribution in [0.5, 0.6) is 0 Å². The Bertz CT molecular complexity index is 681. The average Bonchev–Trinajstić information content (AvgIpc) is 3.18. The number of nitrogens with one attached hydrogen (secondary N) is 1. The Morgan fingerprint density at radius 1 is 1.33 bits per heavy atom. The molecule has 0 radical (unpaired) electrons. The number of rotatable bonds is 4. The minimum atomic E-state index is 0.786. The molecule has 0 unspecified atom stereocenters. The summed E-state index contributed by atoms with van der Waals surface area (Å²) in [6.07, 6.45) is 2.06. The summed E-state index contributed by atoms with van der Waals surface area (Å²) in [6.45, 7) is 7.48. The topological polar surface area (TPSA) is 61.8 Å². The number of aliphatic imine (C=N–C) groups is 1. The van der Waals surface area contributed by atoms with E-state index in [1.54, 1.807) is 0 Å². The summed E-state index contributed by atoms with van der Waals surface area (Å²) < 4.78 is 7.26. The van der Waals surface area contributed by atoms with Gasteiger partial charge in [0.1, 0.15) is 5.76 Å². The van der Waals surface area contributed by atoms with Gasteiger partial charge in [0.2, 0.25) is 0 Å². The third-order valence-corrected chi connectivity index (χ3v) is 4.42. The van der Waals surface area contributed by atoms with Crippen molar-refractivity contribution in [2.45, 2.75) is 20.0 Å². The summed E-state index contributed by atoms with van der Waals surface area (Å²) in [6, 6.07) is 6.19. The molecule has 1 saturated heterocycles. The molecule has 1 aliphatic rings. The van der Waals surface area contributed by atoms with E-state index in [1.165, 1.54) is 5.69 Å². The zero-order chi connectivity index (χ0) is 16.9. The Labute approximate surface area is 142 Å². The summed E-state index contributed by atoms with van der Waals surface area (Å²) in [5.41, 5.74) is 2.25. The molecule has 130 valence electrons. The molecule has 2 aromatic heterocycles. The van der Waals surface area contributed by atoms with E-state index in [1.807, 2.05) is 20.0 Å². The molecule has 0 aromatic carbocycles. The molecule has 1 N–H and O–H groups in total. The molecule has 3 heterocycles. The van der Waals surface area contributed by atoms with Gasteiger partial charge in [0.05, 0.1) is 12.2 Å². The van der Waals surface area contributed by atoms with Gasteiger partial charge in [-0.05, 0) is 19.1 Å². The number of guanidine groups is 1. The van der Waals surface area contributed by atoms with Crippen LogP contribution in [0.1, 0.15) is 17.1 Å². The monoisotopic (exact) mass is 330 g/mol. The molecule has 0 spiro atoms. The molecule has 2 aromatic rings. The summed E-state index contributed by atoms with van der Waals surface area (Å²) >= 11 is 0. The number of hydrogen-bond donors (Lipinski definition) is 1. The molecule has 7 heteroatoms. The molecule has 0 saturated carbocycles. The Morgan fingerprint density at radius 3 is 2.71 bits per heavy atom. The maximum Gasteiger partial charge on any atom is 0.194 e. The zero-order valence-electron chi connectivity index (χ0n) is 14.7. The summed E-state index contributed by atoms with van der Waals surface area (Å²) in [7, 11) is 3.90. The smallest absolute Gasteiger partial charge is 0.194 e. The van der Waals surface area contributed by atoms with Crippen LogP contribution in [0.3, 0.4) is 0 Å². The second kappa shape index (κ2) is 7.53. The minimum Gasteiger partial charge on any atom is -0.361 e. The Hall–Kier alpha value is -2.28. The van der Waals surface area contributed by atoms with Gasteiger partial charge < -0.3 is 19.3 Å². The molecule has 7 nitrogen and oxygen atoms in total. The number of aryl methyl sites for hydroxylation is 2. The molecule has 0 atom stereocenters. The van der Waals surface area contributed by atoms with Crippen LogP contribution in [-0.4, -0.2) is 58.7 Å². The summed E-state index contributed by atoms with van der Waals surface area (Å²) in [4.78, 5) is 9.14. The lowest BCUT2D eigenvalue weighted by Gasteiger charge is -2.36. The van der Waals surface area contributed by atoms with Gasteiger partial charge in [-0.3, -0.25) is 9.89 Å². The fraction of sp³-hybridized carbons (Fsp3) is 0.529. The SMILES string of the molecule is CN=C(NCc1cccn1C)N1CCN(Cc2cc(C)on2)CC1. The predicted octanol–water partition coefficient (Wildman–Crippen LogP) is 1.21. The van der Waals surface area contributed by atoms with E-state index >= 15 is 0 Å². The van der Waals surface area contributed by atoms with Gasteiger partial charge in [0.15, 0.2) is 5.96 Å². The standard InChI is InChI=1S/C17H26N6O/c1-14-11-15(20-24-14)13-22-7-9-23(10-8-22)17(18-2)19-12-16-5-4-6-21(16)3/h4-6,11H,7-10,12-13H2,1-3H3,(H,18,19). The van der Waals surface area contributed by atoms with Crippen molar-refractivity contribution in [2.24, 2.45) is 12.0 Å². The number of hydrogen-bond acceptors (Lipinski definition) is 4. The van der Waals surface area contributed by atoms with E-state index in [4.69, 9.17) is 4.52 Å². The van der Waals surface area contributed by atoms with Gasteiger partial charge in [-0.2, -0.15) is 0 Å². The van der Waals surface area contributed by atoms with Crippen molar-refractivity contribution in [3.63, 3.8) is 0 Å². The highest BCUT2D eigenvalue weighted by Crippen LogP contribution is 2.09. The van der Waals surface area contributed by atoms with Gasteiger partial charge >= 0.3 is 0 Å². The molecular formula is C17H26N6O. The van der Waals surface area contributed by atoms with Crippen molar-refractivity contribution in [2.75, 3.05) is 33.2 Å². The van der Waals surface area contributed by atoms with Crippen molar-refractivity contribution >= 4 is 5.96 Å². The van der Waals surface area contributed by atoms with E-state index < -0.39 is 0 Å². The molecule has 1 aliphatic heterocycles. The fourth-order valence-corrected chi connectivity index (χ4v) is 3.02. The van der Waals surface area contributed by atoms with Crippen molar-refractivity contribution in [3.8, 4) is 0 Å². The van der Waals surface area contributed by atoms with Crippen molar-refractivity contribution in [3.05, 3.63) is 41.5 Å². The average molecular weight is 330 g/mol. The largest absolute Gasteiger partial charge is 0.361 e. The van der Waals surface area contributed by atoms with Crippen molar-refractivity contribution in [1.82, 2.24) is 24.8 Å². The number of nitrogens with zero attached hydrogens (tertiary/aromatic N) is 5. The van der Waals surface area contributed by atoms with Gasteiger partial charge in [-0.15, -0.1) is 0 Å². The molecule has 0 bridgehead atoms. The molecule has 0 amide bonds. The first kappa shape index (κ1) is 16.6. The van der Waals surface area contributed by atoms with Crippen LogP contribution in [-0.2, 0) is 20.1 Å². The Kier molecular flexibility index (Phi) is 5.20.